The Morgan fingerprint density at radius 2 is 1.73 bits per heavy atom. The molecule has 26 heavy (non-hydrogen) atoms. The van der Waals surface area contributed by atoms with E-state index in [2.05, 4.69) is 0 Å². The lowest BCUT2D eigenvalue weighted by molar-refractivity contribution is -0.131. The van der Waals surface area contributed by atoms with E-state index in [9.17, 15) is 22.0 Å². The molecular formula is C18H18ClF2NO3S. The van der Waals surface area contributed by atoms with Gasteiger partial charge in [0.2, 0.25) is 5.91 Å². The quantitative estimate of drug-likeness (QED) is 0.735. The first-order valence-corrected chi connectivity index (χ1v) is 9.84. The molecule has 0 radical (unpaired) electrons. The Morgan fingerprint density at radius 1 is 1.12 bits per heavy atom. The zero-order valence-corrected chi connectivity index (χ0v) is 15.8. The van der Waals surface area contributed by atoms with E-state index in [0.29, 0.717) is 10.6 Å². The lowest BCUT2D eigenvalue weighted by Crippen LogP contribution is -2.31. The lowest BCUT2D eigenvalue weighted by atomic mass is 10.1. The molecule has 0 heterocycles. The summed E-state index contributed by atoms with van der Waals surface area (Å²) in [6.07, 6.45) is -0.227. The van der Waals surface area contributed by atoms with Gasteiger partial charge in [-0.3, -0.25) is 4.79 Å². The number of hydrogen-bond acceptors (Lipinski definition) is 3. The summed E-state index contributed by atoms with van der Waals surface area (Å²) in [5.41, 5.74) is 0.417. The standard InChI is InChI=1S/C18H18ClF2NO3S/c1-12(13-3-8-16(20)17(21)11-13)22(2)18(23)9-10-26(24,25)15-6-4-14(19)5-7-15/h3-8,11-12H,9-10H2,1-2H3. The Bertz CT molecular complexity index is 901. The van der Waals surface area contributed by atoms with Gasteiger partial charge in [0.15, 0.2) is 21.5 Å². The number of carbonyl (C=O) groups is 1. The Labute approximate surface area is 156 Å². The molecule has 1 amide bonds. The molecule has 0 fully saturated rings. The second-order valence-electron chi connectivity index (χ2n) is 5.88. The van der Waals surface area contributed by atoms with E-state index in [1.165, 1.54) is 42.3 Å². The number of benzene rings is 2. The summed E-state index contributed by atoms with van der Waals surface area (Å²) < 4.78 is 51.0. The van der Waals surface area contributed by atoms with Crippen molar-refractivity contribution in [2.24, 2.45) is 0 Å². The van der Waals surface area contributed by atoms with Crippen LogP contribution >= 0.6 is 11.6 Å². The van der Waals surface area contributed by atoms with Gasteiger partial charge in [-0.15, -0.1) is 0 Å². The number of nitrogens with zero attached hydrogens (tertiary/aromatic N) is 1. The Hall–Kier alpha value is -1.99. The smallest absolute Gasteiger partial charge is 0.223 e. The van der Waals surface area contributed by atoms with Crippen molar-refractivity contribution >= 4 is 27.3 Å². The van der Waals surface area contributed by atoms with Crippen molar-refractivity contribution < 1.29 is 22.0 Å². The topological polar surface area (TPSA) is 54.5 Å². The molecule has 2 aromatic rings. The van der Waals surface area contributed by atoms with Gasteiger partial charge in [0, 0.05) is 18.5 Å². The molecule has 0 N–H and O–H groups in total. The highest BCUT2D eigenvalue weighted by Gasteiger charge is 2.22. The Morgan fingerprint density at radius 3 is 2.31 bits per heavy atom. The molecule has 0 saturated heterocycles. The molecule has 0 aromatic heterocycles. The van der Waals surface area contributed by atoms with E-state index in [1.807, 2.05) is 0 Å². The zero-order chi connectivity index (χ0) is 19.5. The van der Waals surface area contributed by atoms with Crippen molar-refractivity contribution in [3.8, 4) is 0 Å². The highest BCUT2D eigenvalue weighted by molar-refractivity contribution is 7.91. The molecule has 2 aromatic carbocycles. The van der Waals surface area contributed by atoms with Crippen LogP contribution in [0.2, 0.25) is 5.02 Å². The van der Waals surface area contributed by atoms with E-state index in [1.54, 1.807) is 6.92 Å². The van der Waals surface area contributed by atoms with Gasteiger partial charge in [-0.2, -0.15) is 0 Å². The minimum absolute atomic E-state index is 0.0889. The third kappa shape index (κ3) is 4.80. The summed E-state index contributed by atoms with van der Waals surface area (Å²) in [5.74, 6) is -2.74. The minimum atomic E-state index is -3.62. The summed E-state index contributed by atoms with van der Waals surface area (Å²) in [7, 11) is -2.13. The molecule has 0 bridgehead atoms. The van der Waals surface area contributed by atoms with Crippen LogP contribution in [0.25, 0.3) is 0 Å². The third-order valence-corrected chi connectivity index (χ3v) is 6.14. The predicted molar refractivity (Wildman–Crippen MR) is 95.7 cm³/mol. The van der Waals surface area contributed by atoms with Crippen molar-refractivity contribution in [3.63, 3.8) is 0 Å². The molecule has 140 valence electrons. The van der Waals surface area contributed by atoms with Crippen molar-refractivity contribution in [3.05, 3.63) is 64.7 Å². The van der Waals surface area contributed by atoms with E-state index in [-0.39, 0.29) is 17.1 Å². The highest BCUT2D eigenvalue weighted by Crippen LogP contribution is 2.22. The van der Waals surface area contributed by atoms with Crippen LogP contribution in [0.4, 0.5) is 8.78 Å². The third-order valence-electron chi connectivity index (χ3n) is 4.16. The van der Waals surface area contributed by atoms with E-state index >= 15 is 0 Å². The first-order valence-electron chi connectivity index (χ1n) is 7.81. The van der Waals surface area contributed by atoms with Gasteiger partial charge >= 0.3 is 0 Å². The molecule has 0 spiro atoms. The second-order valence-corrected chi connectivity index (χ2v) is 8.42. The number of sulfone groups is 1. The maximum atomic E-state index is 13.4. The number of carbonyl (C=O) groups excluding carboxylic acids is 1. The fourth-order valence-corrected chi connectivity index (χ4v) is 3.73. The molecule has 1 atom stereocenters. The van der Waals surface area contributed by atoms with Crippen LogP contribution in [-0.2, 0) is 14.6 Å². The van der Waals surface area contributed by atoms with Gasteiger partial charge < -0.3 is 4.90 Å². The number of hydrogen-bond donors (Lipinski definition) is 0. The van der Waals surface area contributed by atoms with Crippen molar-refractivity contribution in [1.29, 1.82) is 0 Å². The number of rotatable bonds is 6. The predicted octanol–water partition coefficient (Wildman–Crippen LogP) is 4.00. The maximum absolute atomic E-state index is 13.4. The van der Waals surface area contributed by atoms with Gasteiger partial charge in [-0.25, -0.2) is 17.2 Å². The van der Waals surface area contributed by atoms with Gasteiger partial charge in [0.05, 0.1) is 16.7 Å². The molecule has 0 aliphatic carbocycles. The van der Waals surface area contributed by atoms with Crippen LogP contribution in [0, 0.1) is 11.6 Å². The first-order chi connectivity index (χ1) is 12.1. The van der Waals surface area contributed by atoms with E-state index < -0.39 is 33.4 Å². The van der Waals surface area contributed by atoms with Crippen LogP contribution in [-0.4, -0.2) is 32.0 Å². The molecule has 4 nitrogen and oxygen atoms in total. The lowest BCUT2D eigenvalue weighted by Gasteiger charge is -2.25. The summed E-state index contributed by atoms with van der Waals surface area (Å²) in [4.78, 5) is 13.7. The van der Waals surface area contributed by atoms with Crippen LogP contribution in [0.15, 0.2) is 47.4 Å². The van der Waals surface area contributed by atoms with E-state index in [0.717, 1.165) is 12.1 Å². The van der Waals surface area contributed by atoms with Crippen molar-refractivity contribution in [1.82, 2.24) is 4.90 Å². The molecule has 0 saturated carbocycles. The Kier molecular flexibility index (Phi) is 6.36. The molecule has 2 rings (SSSR count). The van der Waals surface area contributed by atoms with Crippen LogP contribution < -0.4 is 0 Å². The largest absolute Gasteiger partial charge is 0.339 e. The fourth-order valence-electron chi connectivity index (χ4n) is 2.37. The van der Waals surface area contributed by atoms with E-state index in [4.69, 9.17) is 11.6 Å². The normalized spacial score (nSPS) is 12.7. The highest BCUT2D eigenvalue weighted by atomic mass is 35.5. The molecule has 0 aliphatic rings. The first kappa shape index (κ1) is 20.3. The van der Waals surface area contributed by atoms with Crippen LogP contribution in [0.1, 0.15) is 24.9 Å². The molecule has 1 unspecified atom stereocenters. The van der Waals surface area contributed by atoms with Gasteiger partial charge in [0.25, 0.3) is 0 Å². The zero-order valence-electron chi connectivity index (χ0n) is 14.2. The van der Waals surface area contributed by atoms with Gasteiger partial charge in [0.1, 0.15) is 0 Å². The average molecular weight is 402 g/mol. The fraction of sp³-hybridized carbons (Fsp3) is 0.278. The van der Waals surface area contributed by atoms with Crippen LogP contribution in [0.5, 0.6) is 0 Å². The summed E-state index contributed by atoms with van der Waals surface area (Å²) in [6.45, 7) is 1.65. The van der Waals surface area contributed by atoms with Crippen LogP contribution in [0.3, 0.4) is 0 Å². The second kappa shape index (κ2) is 8.14. The summed E-state index contributed by atoms with van der Waals surface area (Å²) in [5, 5.41) is 0.417. The average Bonchev–Trinajstić information content (AvgIpc) is 2.61. The summed E-state index contributed by atoms with van der Waals surface area (Å²) >= 11 is 5.74. The van der Waals surface area contributed by atoms with Gasteiger partial charge in [-0.05, 0) is 48.9 Å². The monoisotopic (exact) mass is 401 g/mol. The van der Waals surface area contributed by atoms with Gasteiger partial charge in [-0.1, -0.05) is 17.7 Å². The Balaban J connectivity index is 2.04. The molecule has 8 heteroatoms. The number of amides is 1. The SMILES string of the molecule is CC(c1ccc(F)c(F)c1)N(C)C(=O)CCS(=O)(=O)c1ccc(Cl)cc1. The minimum Gasteiger partial charge on any atom is -0.339 e. The molecule has 0 aliphatic heterocycles. The summed E-state index contributed by atoms with van der Waals surface area (Å²) in [6, 6.07) is 8.57. The number of halogens is 3. The van der Waals surface area contributed by atoms with Crippen molar-refractivity contribution in [2.75, 3.05) is 12.8 Å². The molecular weight excluding hydrogens is 384 g/mol. The van der Waals surface area contributed by atoms with Crippen molar-refractivity contribution in [2.45, 2.75) is 24.3 Å². The maximum Gasteiger partial charge on any atom is 0.223 e.